The number of hydrogen-bond acceptors (Lipinski definition) is 4. The quantitative estimate of drug-likeness (QED) is 0.546. The molecule has 2 nitrogen and oxygen atoms in total. The average molecular weight is 359 g/mol. The highest BCUT2D eigenvalue weighted by atomic mass is 32.1. The number of carbonyl (C=O) groups is 1. The van der Waals surface area contributed by atoms with Crippen molar-refractivity contribution in [1.82, 2.24) is 0 Å². The largest absolute Gasteiger partial charge is 0.390 e. The first-order valence-electron chi connectivity index (χ1n) is 8.48. The van der Waals surface area contributed by atoms with Crippen LogP contribution < -0.4 is 0 Å². The topological polar surface area (TPSA) is 37.3 Å². The van der Waals surface area contributed by atoms with Gasteiger partial charge in [-0.2, -0.15) is 0 Å². The van der Waals surface area contributed by atoms with Crippen molar-refractivity contribution >= 4 is 28.5 Å². The third-order valence-corrected chi connectivity index (χ3v) is 6.88. The van der Waals surface area contributed by atoms with E-state index in [0.717, 1.165) is 58.0 Å². The molecule has 1 saturated carbocycles. The van der Waals surface area contributed by atoms with Crippen LogP contribution in [0.5, 0.6) is 0 Å². The minimum absolute atomic E-state index is 0.193. The van der Waals surface area contributed by atoms with E-state index in [1.807, 2.05) is 25.1 Å². The number of ketones is 1. The fourth-order valence-corrected chi connectivity index (χ4v) is 5.24. The third-order valence-electron chi connectivity index (χ3n) is 4.56. The van der Waals surface area contributed by atoms with Crippen LogP contribution in [-0.4, -0.2) is 16.5 Å². The molecule has 3 rings (SSSR count). The van der Waals surface area contributed by atoms with Crippen molar-refractivity contribution in [2.75, 3.05) is 0 Å². The van der Waals surface area contributed by atoms with E-state index in [1.54, 1.807) is 22.7 Å². The summed E-state index contributed by atoms with van der Waals surface area (Å²) in [5.74, 6) is 6.17. The van der Waals surface area contributed by atoms with Gasteiger partial charge in [0.1, 0.15) is 0 Å². The molecule has 0 aromatic carbocycles. The fraction of sp³-hybridized carbons (Fsp3) is 0.450. The summed E-state index contributed by atoms with van der Waals surface area (Å²) >= 11 is 3.22. The van der Waals surface area contributed by atoms with Gasteiger partial charge in [-0.15, -0.1) is 28.6 Å². The van der Waals surface area contributed by atoms with Crippen molar-refractivity contribution in [3.8, 4) is 21.6 Å². The Morgan fingerprint density at radius 1 is 1.17 bits per heavy atom. The second kappa shape index (κ2) is 7.65. The van der Waals surface area contributed by atoms with Gasteiger partial charge in [0.05, 0.1) is 15.4 Å². The predicted octanol–water partition coefficient (Wildman–Crippen LogP) is 5.51. The smallest absolute Gasteiger partial charge is 0.172 e. The van der Waals surface area contributed by atoms with Crippen LogP contribution in [0.2, 0.25) is 0 Å². The number of hydrogen-bond donors (Lipinski definition) is 1. The van der Waals surface area contributed by atoms with E-state index in [1.165, 1.54) is 0 Å². The molecule has 0 unspecified atom stereocenters. The number of aliphatic hydroxyl groups is 1. The Morgan fingerprint density at radius 2 is 1.88 bits per heavy atom. The zero-order valence-corrected chi connectivity index (χ0v) is 15.6. The van der Waals surface area contributed by atoms with Crippen LogP contribution in [0.3, 0.4) is 0 Å². The molecule has 0 radical (unpaired) electrons. The van der Waals surface area contributed by atoms with Gasteiger partial charge in [0.2, 0.25) is 0 Å². The molecule has 0 atom stereocenters. The van der Waals surface area contributed by atoms with Crippen molar-refractivity contribution in [1.29, 1.82) is 0 Å². The summed E-state index contributed by atoms with van der Waals surface area (Å²) < 4.78 is 0. The molecule has 126 valence electrons. The molecule has 2 aromatic rings. The Hall–Kier alpha value is -1.41. The summed E-state index contributed by atoms with van der Waals surface area (Å²) in [4.78, 5) is 16.5. The zero-order valence-electron chi connectivity index (χ0n) is 13.9. The minimum atomic E-state index is -0.505. The number of Topliss-reactive ketones (excluding diaryl/α,β-unsaturated/α-hetero) is 1. The number of carbonyl (C=O) groups excluding carboxylic acids is 1. The lowest BCUT2D eigenvalue weighted by Crippen LogP contribution is -2.23. The summed E-state index contributed by atoms with van der Waals surface area (Å²) in [6.07, 6.45) is 6.07. The summed E-state index contributed by atoms with van der Waals surface area (Å²) in [7, 11) is 0. The van der Waals surface area contributed by atoms with E-state index in [-0.39, 0.29) is 5.78 Å². The van der Waals surface area contributed by atoms with Gasteiger partial charge in [-0.3, -0.25) is 4.79 Å². The van der Waals surface area contributed by atoms with E-state index < -0.39 is 5.60 Å². The molecule has 4 heteroatoms. The molecule has 2 heterocycles. The van der Waals surface area contributed by atoms with Crippen LogP contribution in [0.25, 0.3) is 9.75 Å². The maximum absolute atomic E-state index is 12.4. The zero-order chi connectivity index (χ0) is 17.0. The molecule has 24 heavy (non-hydrogen) atoms. The number of thiophene rings is 2. The lowest BCUT2D eigenvalue weighted by molar-refractivity contribution is 0.0363. The van der Waals surface area contributed by atoms with E-state index in [0.29, 0.717) is 6.42 Å². The molecule has 0 amide bonds. The highest BCUT2D eigenvalue weighted by Gasteiger charge is 2.30. The Labute approximate surface area is 151 Å². The van der Waals surface area contributed by atoms with Gasteiger partial charge in [0, 0.05) is 16.2 Å². The molecular weight excluding hydrogens is 336 g/mol. The predicted molar refractivity (Wildman–Crippen MR) is 102 cm³/mol. The van der Waals surface area contributed by atoms with E-state index >= 15 is 0 Å². The van der Waals surface area contributed by atoms with E-state index in [4.69, 9.17) is 0 Å². The third kappa shape index (κ3) is 4.16. The lowest BCUT2D eigenvalue weighted by atomic mass is 9.94. The van der Waals surface area contributed by atoms with Crippen LogP contribution in [0.4, 0.5) is 0 Å². The van der Waals surface area contributed by atoms with E-state index in [9.17, 15) is 9.90 Å². The molecule has 1 N–H and O–H groups in total. The molecule has 2 aromatic heterocycles. The van der Waals surface area contributed by atoms with Gasteiger partial charge in [0.25, 0.3) is 0 Å². The first-order chi connectivity index (χ1) is 11.6. The van der Waals surface area contributed by atoms with E-state index in [2.05, 4.69) is 17.9 Å². The Morgan fingerprint density at radius 3 is 2.62 bits per heavy atom. The molecule has 1 fully saturated rings. The van der Waals surface area contributed by atoms with Crippen molar-refractivity contribution in [3.63, 3.8) is 0 Å². The SMILES string of the molecule is CC#Cc1ccc(-c2ccc(C(=O)CCCC3(O)CCCC3)s2)s1. The Balaban J connectivity index is 1.57. The average Bonchev–Trinajstić information content (AvgIpc) is 3.27. The second-order valence-electron chi connectivity index (χ2n) is 6.41. The summed E-state index contributed by atoms with van der Waals surface area (Å²) in [6.45, 7) is 1.84. The minimum Gasteiger partial charge on any atom is -0.390 e. The maximum atomic E-state index is 12.4. The van der Waals surface area contributed by atoms with Crippen LogP contribution in [0, 0.1) is 11.8 Å². The van der Waals surface area contributed by atoms with Crippen molar-refractivity contribution in [2.45, 2.75) is 57.5 Å². The van der Waals surface area contributed by atoms with Crippen LogP contribution in [0.1, 0.15) is 66.4 Å². The summed E-state index contributed by atoms with van der Waals surface area (Å²) in [5, 5.41) is 10.4. The molecular formula is C20H22O2S2. The lowest BCUT2D eigenvalue weighted by Gasteiger charge is -2.21. The molecule has 0 bridgehead atoms. The van der Waals surface area contributed by atoms with Crippen LogP contribution in [0.15, 0.2) is 24.3 Å². The monoisotopic (exact) mass is 358 g/mol. The molecule has 1 aliphatic rings. The van der Waals surface area contributed by atoms with Crippen molar-refractivity contribution < 1.29 is 9.90 Å². The fourth-order valence-electron chi connectivity index (χ4n) is 3.27. The summed E-state index contributed by atoms with van der Waals surface area (Å²) in [6, 6.07) is 8.05. The molecule has 0 spiro atoms. The highest BCUT2D eigenvalue weighted by molar-refractivity contribution is 7.23. The van der Waals surface area contributed by atoms with Crippen LogP contribution in [-0.2, 0) is 0 Å². The normalized spacial score (nSPS) is 15.9. The van der Waals surface area contributed by atoms with Gasteiger partial charge in [-0.05, 0) is 56.9 Å². The van der Waals surface area contributed by atoms with Crippen molar-refractivity contribution in [3.05, 3.63) is 34.0 Å². The Kier molecular flexibility index (Phi) is 5.55. The molecule has 0 aliphatic heterocycles. The number of rotatable bonds is 6. The van der Waals surface area contributed by atoms with Crippen molar-refractivity contribution in [2.24, 2.45) is 0 Å². The Bertz CT molecular complexity index is 767. The van der Waals surface area contributed by atoms with Gasteiger partial charge < -0.3 is 5.11 Å². The highest BCUT2D eigenvalue weighted by Crippen LogP contribution is 2.35. The van der Waals surface area contributed by atoms with Gasteiger partial charge in [0.15, 0.2) is 5.78 Å². The summed E-state index contributed by atoms with van der Waals surface area (Å²) in [5.41, 5.74) is -0.505. The standard InChI is InChI=1S/C20H22O2S2/c1-2-6-15-8-9-18(23-15)19-11-10-17(24-19)16(21)7-5-14-20(22)12-3-4-13-20/h8-11,22H,3-5,7,12-14H2,1H3. The van der Waals surface area contributed by atoms with Gasteiger partial charge in [-0.25, -0.2) is 0 Å². The first-order valence-corrected chi connectivity index (χ1v) is 10.1. The van der Waals surface area contributed by atoms with Gasteiger partial charge >= 0.3 is 0 Å². The maximum Gasteiger partial charge on any atom is 0.172 e. The van der Waals surface area contributed by atoms with Crippen LogP contribution >= 0.6 is 22.7 Å². The second-order valence-corrected chi connectivity index (χ2v) is 8.58. The van der Waals surface area contributed by atoms with Gasteiger partial charge in [-0.1, -0.05) is 18.8 Å². The molecule has 0 saturated heterocycles. The molecule has 1 aliphatic carbocycles. The first kappa shape index (κ1) is 17.4.